The molecule has 1 aromatic rings. The molecule has 0 radical (unpaired) electrons. The summed E-state index contributed by atoms with van der Waals surface area (Å²) in [6.07, 6.45) is 6.98. The van der Waals surface area contributed by atoms with Crippen molar-refractivity contribution in [3.8, 4) is 0 Å². The van der Waals surface area contributed by atoms with Gasteiger partial charge in [-0.05, 0) is 12.2 Å². The van der Waals surface area contributed by atoms with E-state index in [0.717, 1.165) is 12.0 Å². The molecular weight excluding hydrogens is 116 g/mol. The van der Waals surface area contributed by atoms with E-state index in [2.05, 4.69) is 9.97 Å². The molecule has 0 saturated heterocycles. The van der Waals surface area contributed by atoms with Gasteiger partial charge in [-0.25, -0.2) is 4.98 Å². The maximum absolute atomic E-state index is 9.78. The first-order valence-electron chi connectivity index (χ1n) is 2.53. The van der Waals surface area contributed by atoms with Gasteiger partial charge in [0.25, 0.3) is 0 Å². The van der Waals surface area contributed by atoms with Crippen molar-refractivity contribution in [2.24, 2.45) is 0 Å². The second kappa shape index (κ2) is 2.81. The topological polar surface area (TPSA) is 45.8 Å². The predicted octanol–water partition coefficient (Wildman–Crippen LogP) is 0.622. The highest BCUT2D eigenvalue weighted by atomic mass is 16.1. The predicted molar refractivity (Wildman–Crippen MR) is 33.7 cm³/mol. The van der Waals surface area contributed by atoms with Crippen LogP contribution in [-0.4, -0.2) is 16.3 Å². The molecule has 1 N–H and O–H groups in total. The van der Waals surface area contributed by atoms with Crippen LogP contribution in [0.5, 0.6) is 0 Å². The molecule has 0 aliphatic carbocycles. The van der Waals surface area contributed by atoms with Crippen molar-refractivity contribution in [2.45, 2.75) is 0 Å². The standard InChI is InChI=1S/C6H6N2O/c9-3-1-2-6-4-7-5-8-6/h1-5H,(H,7,8)/b2-1+. The van der Waals surface area contributed by atoms with Crippen LogP contribution in [0.25, 0.3) is 6.08 Å². The van der Waals surface area contributed by atoms with Gasteiger partial charge < -0.3 is 4.98 Å². The van der Waals surface area contributed by atoms with Crippen LogP contribution in [-0.2, 0) is 4.79 Å². The zero-order valence-corrected chi connectivity index (χ0v) is 4.74. The Hall–Kier alpha value is -1.38. The highest BCUT2D eigenvalue weighted by Crippen LogP contribution is 1.91. The fourth-order valence-electron chi connectivity index (χ4n) is 0.501. The highest BCUT2D eigenvalue weighted by Gasteiger charge is 1.81. The van der Waals surface area contributed by atoms with Crippen LogP contribution in [0.15, 0.2) is 18.6 Å². The Labute approximate surface area is 52.4 Å². The molecule has 0 bridgehead atoms. The maximum atomic E-state index is 9.78. The SMILES string of the molecule is O=C/C=C/c1cnc[nH]1. The van der Waals surface area contributed by atoms with E-state index >= 15 is 0 Å². The van der Waals surface area contributed by atoms with Crippen molar-refractivity contribution in [3.05, 3.63) is 24.3 Å². The third kappa shape index (κ3) is 1.53. The van der Waals surface area contributed by atoms with Gasteiger partial charge in [0.2, 0.25) is 0 Å². The van der Waals surface area contributed by atoms with Gasteiger partial charge >= 0.3 is 0 Å². The third-order valence-electron chi connectivity index (χ3n) is 0.874. The van der Waals surface area contributed by atoms with Crippen molar-refractivity contribution in [3.63, 3.8) is 0 Å². The number of allylic oxidation sites excluding steroid dienone is 1. The molecule has 0 fully saturated rings. The average molecular weight is 122 g/mol. The first-order chi connectivity index (χ1) is 4.43. The monoisotopic (exact) mass is 122 g/mol. The van der Waals surface area contributed by atoms with Crippen LogP contribution in [0, 0.1) is 0 Å². The van der Waals surface area contributed by atoms with Crippen LogP contribution in [0.3, 0.4) is 0 Å². The minimum absolute atomic E-state index is 0.723. The summed E-state index contributed by atoms with van der Waals surface area (Å²) in [6.45, 7) is 0. The minimum Gasteiger partial charge on any atom is -0.345 e. The van der Waals surface area contributed by atoms with Gasteiger partial charge in [0.1, 0.15) is 6.29 Å². The quantitative estimate of drug-likeness (QED) is 0.461. The number of nitrogens with zero attached hydrogens (tertiary/aromatic N) is 1. The van der Waals surface area contributed by atoms with Crippen molar-refractivity contribution < 1.29 is 4.79 Å². The van der Waals surface area contributed by atoms with Crippen molar-refractivity contribution in [1.29, 1.82) is 0 Å². The summed E-state index contributed by atoms with van der Waals surface area (Å²) >= 11 is 0. The fraction of sp³-hybridized carbons (Fsp3) is 0. The van der Waals surface area contributed by atoms with E-state index in [0.29, 0.717) is 0 Å². The molecule has 0 unspecified atom stereocenters. The number of hydrogen-bond acceptors (Lipinski definition) is 2. The fourth-order valence-corrected chi connectivity index (χ4v) is 0.501. The first kappa shape index (κ1) is 5.75. The van der Waals surface area contributed by atoms with Gasteiger partial charge in [0, 0.05) is 0 Å². The lowest BCUT2D eigenvalue weighted by atomic mass is 10.4. The van der Waals surface area contributed by atoms with E-state index < -0.39 is 0 Å². The van der Waals surface area contributed by atoms with Gasteiger partial charge in [0.05, 0.1) is 18.2 Å². The zero-order valence-electron chi connectivity index (χ0n) is 4.74. The zero-order chi connectivity index (χ0) is 6.53. The van der Waals surface area contributed by atoms with E-state index in [9.17, 15) is 4.79 Å². The van der Waals surface area contributed by atoms with Crippen molar-refractivity contribution >= 4 is 12.4 Å². The number of H-pyrrole nitrogens is 1. The Morgan fingerprint density at radius 2 is 2.56 bits per heavy atom. The molecule has 1 rings (SSSR count). The number of carbonyl (C=O) groups excluding carboxylic acids is 1. The summed E-state index contributed by atoms with van der Waals surface area (Å²) in [5.41, 5.74) is 0.835. The van der Waals surface area contributed by atoms with Crippen molar-refractivity contribution in [1.82, 2.24) is 9.97 Å². The Morgan fingerprint density at radius 1 is 1.67 bits per heavy atom. The van der Waals surface area contributed by atoms with Crippen molar-refractivity contribution in [2.75, 3.05) is 0 Å². The number of aldehydes is 1. The summed E-state index contributed by atoms with van der Waals surface area (Å²) in [5, 5.41) is 0. The number of hydrogen-bond donors (Lipinski definition) is 1. The molecule has 0 atom stereocenters. The molecule has 1 heterocycles. The van der Waals surface area contributed by atoms with Crippen LogP contribution >= 0.6 is 0 Å². The van der Waals surface area contributed by atoms with E-state index in [1.54, 1.807) is 18.6 Å². The Bertz CT molecular complexity index is 201. The van der Waals surface area contributed by atoms with Gasteiger partial charge in [-0.15, -0.1) is 0 Å². The number of carbonyl (C=O) groups is 1. The largest absolute Gasteiger partial charge is 0.345 e. The first-order valence-corrected chi connectivity index (χ1v) is 2.53. The number of aromatic amines is 1. The van der Waals surface area contributed by atoms with Gasteiger partial charge in [-0.1, -0.05) is 0 Å². The number of rotatable bonds is 2. The number of nitrogens with one attached hydrogen (secondary N) is 1. The summed E-state index contributed by atoms with van der Waals surface area (Å²) in [7, 11) is 0. The molecule has 0 amide bonds. The average Bonchev–Trinajstić information content (AvgIpc) is 2.34. The molecule has 3 nitrogen and oxygen atoms in total. The second-order valence-electron chi connectivity index (χ2n) is 1.50. The lowest BCUT2D eigenvalue weighted by Gasteiger charge is -1.75. The number of aromatic nitrogens is 2. The van der Waals surface area contributed by atoms with E-state index in [1.807, 2.05) is 0 Å². The maximum Gasteiger partial charge on any atom is 0.142 e. The summed E-state index contributed by atoms with van der Waals surface area (Å²) in [4.78, 5) is 16.3. The van der Waals surface area contributed by atoms with E-state index in [1.165, 1.54) is 6.08 Å². The molecule has 3 heteroatoms. The second-order valence-corrected chi connectivity index (χ2v) is 1.50. The lowest BCUT2D eigenvalue weighted by molar-refractivity contribution is -0.104. The van der Waals surface area contributed by atoms with Gasteiger partial charge in [-0.2, -0.15) is 0 Å². The smallest absolute Gasteiger partial charge is 0.142 e. The molecule has 0 aliphatic heterocycles. The molecule has 0 saturated carbocycles. The van der Waals surface area contributed by atoms with Crippen LogP contribution < -0.4 is 0 Å². The lowest BCUT2D eigenvalue weighted by Crippen LogP contribution is -1.66. The molecule has 9 heavy (non-hydrogen) atoms. The molecular formula is C6H6N2O. The summed E-state index contributed by atoms with van der Waals surface area (Å²) in [5.74, 6) is 0. The molecule has 1 aromatic heterocycles. The Morgan fingerprint density at radius 3 is 3.11 bits per heavy atom. The van der Waals surface area contributed by atoms with Gasteiger partial charge in [-0.3, -0.25) is 4.79 Å². The summed E-state index contributed by atoms with van der Waals surface area (Å²) in [6, 6.07) is 0. The normalized spacial score (nSPS) is 10.2. The third-order valence-corrected chi connectivity index (χ3v) is 0.874. The van der Waals surface area contributed by atoms with E-state index in [-0.39, 0.29) is 0 Å². The van der Waals surface area contributed by atoms with Crippen LogP contribution in [0.4, 0.5) is 0 Å². The van der Waals surface area contributed by atoms with Crippen LogP contribution in [0.1, 0.15) is 5.69 Å². The molecule has 0 aromatic carbocycles. The molecule has 0 aliphatic rings. The van der Waals surface area contributed by atoms with Gasteiger partial charge in [0.15, 0.2) is 0 Å². The highest BCUT2D eigenvalue weighted by molar-refractivity contribution is 5.72. The minimum atomic E-state index is 0.723. The molecule has 0 spiro atoms. The Kier molecular flexibility index (Phi) is 1.80. The number of imidazole rings is 1. The Balaban J connectivity index is 2.67. The van der Waals surface area contributed by atoms with E-state index in [4.69, 9.17) is 0 Å². The summed E-state index contributed by atoms with van der Waals surface area (Å²) < 4.78 is 0. The molecule has 46 valence electrons. The van der Waals surface area contributed by atoms with Crippen LogP contribution in [0.2, 0.25) is 0 Å².